The van der Waals surface area contributed by atoms with Gasteiger partial charge in [-0.3, -0.25) is 4.99 Å². The lowest BCUT2D eigenvalue weighted by Crippen LogP contribution is -2.47. The molecule has 0 aliphatic carbocycles. The number of benzene rings is 1. The van der Waals surface area contributed by atoms with E-state index in [1.807, 2.05) is 18.2 Å². The number of guanidine groups is 1. The molecule has 2 rings (SSSR count). The van der Waals surface area contributed by atoms with Crippen molar-refractivity contribution in [1.82, 2.24) is 15.6 Å². The van der Waals surface area contributed by atoms with E-state index in [9.17, 15) is 0 Å². The number of halogens is 1. The van der Waals surface area contributed by atoms with Crippen molar-refractivity contribution in [1.29, 1.82) is 0 Å². The smallest absolute Gasteiger partial charge is 0.191 e. The van der Waals surface area contributed by atoms with Crippen LogP contribution in [-0.4, -0.2) is 36.1 Å². The van der Waals surface area contributed by atoms with Crippen molar-refractivity contribution < 1.29 is 0 Å². The molecule has 0 saturated heterocycles. The van der Waals surface area contributed by atoms with Gasteiger partial charge in [-0.05, 0) is 39.8 Å². The van der Waals surface area contributed by atoms with Crippen LogP contribution in [0.2, 0.25) is 0 Å². The zero-order chi connectivity index (χ0) is 16.0. The lowest BCUT2D eigenvalue weighted by Gasteiger charge is -2.23. The van der Waals surface area contributed by atoms with Crippen molar-refractivity contribution >= 4 is 56.6 Å². The predicted octanol–water partition coefficient (Wildman–Crippen LogP) is 3.68. The minimum atomic E-state index is 0. The molecule has 1 aromatic heterocycles. The third-order valence-corrected chi connectivity index (χ3v) is 3.78. The maximum absolute atomic E-state index is 4.58. The molecule has 1 heterocycles. The molecule has 0 aliphatic heterocycles. The monoisotopic (exact) mass is 447 g/mol. The molecular weight excluding hydrogens is 421 g/mol. The van der Waals surface area contributed by atoms with Crippen LogP contribution in [-0.2, 0) is 0 Å². The van der Waals surface area contributed by atoms with Crippen molar-refractivity contribution in [3.8, 4) is 0 Å². The third kappa shape index (κ3) is 6.90. The van der Waals surface area contributed by atoms with Crippen LogP contribution >= 0.6 is 35.3 Å². The van der Waals surface area contributed by atoms with E-state index in [0.717, 1.165) is 29.7 Å². The van der Waals surface area contributed by atoms with Crippen LogP contribution in [0, 0.1) is 0 Å². The van der Waals surface area contributed by atoms with Gasteiger partial charge in [0.05, 0.1) is 16.8 Å². The lowest BCUT2D eigenvalue weighted by molar-refractivity contribution is 0.502. The molecule has 0 radical (unpaired) electrons. The molecule has 2 aromatic rings. The molecule has 23 heavy (non-hydrogen) atoms. The van der Waals surface area contributed by atoms with Gasteiger partial charge in [0.15, 0.2) is 11.1 Å². The van der Waals surface area contributed by atoms with Gasteiger partial charge in [-0.2, -0.15) is 0 Å². The molecular formula is C16H26IN5S. The maximum Gasteiger partial charge on any atom is 0.191 e. The summed E-state index contributed by atoms with van der Waals surface area (Å²) in [5.41, 5.74) is 1.04. The van der Waals surface area contributed by atoms with Crippen molar-refractivity contribution in [2.75, 3.05) is 25.0 Å². The van der Waals surface area contributed by atoms with Crippen LogP contribution in [0.1, 0.15) is 27.7 Å². The lowest BCUT2D eigenvalue weighted by atomic mass is 10.1. The molecule has 5 nitrogen and oxygen atoms in total. The Labute approximate surface area is 159 Å². The summed E-state index contributed by atoms with van der Waals surface area (Å²) in [7, 11) is 0. The minimum absolute atomic E-state index is 0. The SMILES string of the molecule is CCNC(=NCCNc1nc2ccccc2s1)NC(C)(C)C.I. The maximum atomic E-state index is 4.58. The molecule has 1 aromatic carbocycles. The van der Waals surface area contributed by atoms with Gasteiger partial charge in [-0.25, -0.2) is 4.98 Å². The molecule has 0 amide bonds. The zero-order valence-electron chi connectivity index (χ0n) is 14.1. The molecule has 128 valence electrons. The summed E-state index contributed by atoms with van der Waals surface area (Å²) >= 11 is 1.67. The van der Waals surface area contributed by atoms with Crippen molar-refractivity contribution in [3.63, 3.8) is 0 Å². The summed E-state index contributed by atoms with van der Waals surface area (Å²) in [5.74, 6) is 0.848. The topological polar surface area (TPSA) is 61.3 Å². The van der Waals surface area contributed by atoms with E-state index in [1.165, 1.54) is 4.70 Å². The number of thiazole rings is 1. The van der Waals surface area contributed by atoms with Gasteiger partial charge < -0.3 is 16.0 Å². The number of aromatic nitrogens is 1. The Kier molecular flexibility index (Phi) is 8.04. The van der Waals surface area contributed by atoms with Gasteiger partial charge in [-0.1, -0.05) is 23.5 Å². The minimum Gasteiger partial charge on any atom is -0.360 e. The first-order valence-corrected chi connectivity index (χ1v) is 8.45. The van der Waals surface area contributed by atoms with Gasteiger partial charge in [0.25, 0.3) is 0 Å². The van der Waals surface area contributed by atoms with E-state index in [-0.39, 0.29) is 29.5 Å². The standard InChI is InChI=1S/C16H25N5S.HI/c1-5-17-14(21-16(2,3)4)18-10-11-19-15-20-12-8-6-7-9-13(12)22-15;/h6-9H,5,10-11H2,1-4H3,(H,19,20)(H2,17,18,21);1H. The number of hydrogen-bond donors (Lipinski definition) is 3. The van der Waals surface area contributed by atoms with Crippen LogP contribution in [0.25, 0.3) is 10.2 Å². The number of anilines is 1. The highest BCUT2D eigenvalue weighted by atomic mass is 127. The fourth-order valence-electron chi connectivity index (χ4n) is 1.94. The van der Waals surface area contributed by atoms with Crippen LogP contribution in [0.3, 0.4) is 0 Å². The first kappa shape index (κ1) is 20.0. The van der Waals surface area contributed by atoms with Crippen LogP contribution in [0.4, 0.5) is 5.13 Å². The van der Waals surface area contributed by atoms with E-state index < -0.39 is 0 Å². The Bertz CT molecular complexity index is 600. The van der Waals surface area contributed by atoms with Gasteiger partial charge in [0, 0.05) is 18.6 Å². The number of aliphatic imine (C=N–C) groups is 1. The summed E-state index contributed by atoms with van der Waals surface area (Å²) in [5, 5.41) is 10.9. The van der Waals surface area contributed by atoms with Gasteiger partial charge in [-0.15, -0.1) is 24.0 Å². The molecule has 3 N–H and O–H groups in total. The fraction of sp³-hybridized carbons (Fsp3) is 0.500. The molecule has 0 bridgehead atoms. The van der Waals surface area contributed by atoms with E-state index in [2.05, 4.69) is 59.7 Å². The Morgan fingerprint density at radius 3 is 2.65 bits per heavy atom. The third-order valence-electron chi connectivity index (χ3n) is 2.79. The number of nitrogens with zero attached hydrogens (tertiary/aromatic N) is 2. The summed E-state index contributed by atoms with van der Waals surface area (Å²) < 4.78 is 1.20. The average Bonchev–Trinajstić information content (AvgIpc) is 2.84. The van der Waals surface area contributed by atoms with Gasteiger partial charge in [0.1, 0.15) is 0 Å². The molecule has 0 unspecified atom stereocenters. The highest BCUT2D eigenvalue weighted by Gasteiger charge is 2.11. The quantitative estimate of drug-likeness (QED) is 0.283. The Morgan fingerprint density at radius 1 is 1.26 bits per heavy atom. The molecule has 0 atom stereocenters. The normalized spacial score (nSPS) is 11.9. The summed E-state index contributed by atoms with van der Waals surface area (Å²) in [6.45, 7) is 10.8. The zero-order valence-corrected chi connectivity index (χ0v) is 17.3. The van der Waals surface area contributed by atoms with Gasteiger partial charge >= 0.3 is 0 Å². The van der Waals surface area contributed by atoms with Crippen molar-refractivity contribution in [3.05, 3.63) is 24.3 Å². The highest BCUT2D eigenvalue weighted by Crippen LogP contribution is 2.24. The average molecular weight is 447 g/mol. The second kappa shape index (κ2) is 9.27. The number of rotatable bonds is 5. The number of hydrogen-bond acceptors (Lipinski definition) is 4. The summed E-state index contributed by atoms with van der Waals surface area (Å²) in [4.78, 5) is 9.13. The van der Waals surface area contributed by atoms with Crippen LogP contribution < -0.4 is 16.0 Å². The van der Waals surface area contributed by atoms with Crippen molar-refractivity contribution in [2.45, 2.75) is 33.2 Å². The van der Waals surface area contributed by atoms with E-state index >= 15 is 0 Å². The number of nitrogens with one attached hydrogen (secondary N) is 3. The van der Waals surface area contributed by atoms with Crippen LogP contribution in [0.5, 0.6) is 0 Å². The molecule has 0 saturated carbocycles. The largest absolute Gasteiger partial charge is 0.360 e. The predicted molar refractivity (Wildman–Crippen MR) is 112 cm³/mol. The first-order chi connectivity index (χ1) is 10.5. The fourth-order valence-corrected chi connectivity index (χ4v) is 2.83. The van der Waals surface area contributed by atoms with E-state index in [1.54, 1.807) is 11.3 Å². The Morgan fingerprint density at radius 2 is 2.00 bits per heavy atom. The van der Waals surface area contributed by atoms with E-state index in [4.69, 9.17) is 0 Å². The van der Waals surface area contributed by atoms with Gasteiger partial charge in [0.2, 0.25) is 0 Å². The molecule has 0 spiro atoms. The highest BCUT2D eigenvalue weighted by molar-refractivity contribution is 14.0. The second-order valence-electron chi connectivity index (χ2n) is 6.05. The second-order valence-corrected chi connectivity index (χ2v) is 7.08. The summed E-state index contributed by atoms with van der Waals surface area (Å²) in [6.07, 6.45) is 0. The number of para-hydroxylation sites is 1. The summed E-state index contributed by atoms with van der Waals surface area (Å²) in [6, 6.07) is 8.17. The Hall–Kier alpha value is -1.09. The Balaban J connectivity index is 0.00000264. The first-order valence-electron chi connectivity index (χ1n) is 7.64. The molecule has 0 aliphatic rings. The number of fused-ring (bicyclic) bond motifs is 1. The molecule has 7 heteroatoms. The van der Waals surface area contributed by atoms with E-state index in [0.29, 0.717) is 6.54 Å². The van der Waals surface area contributed by atoms with Crippen molar-refractivity contribution in [2.24, 2.45) is 4.99 Å². The molecule has 0 fully saturated rings. The van der Waals surface area contributed by atoms with Crippen LogP contribution in [0.15, 0.2) is 29.3 Å².